The predicted octanol–water partition coefficient (Wildman–Crippen LogP) is 2.30. The zero-order chi connectivity index (χ0) is 16.2. The summed E-state index contributed by atoms with van der Waals surface area (Å²) in [5.41, 5.74) is 3.36. The van der Waals surface area contributed by atoms with Gasteiger partial charge in [-0.1, -0.05) is 24.3 Å². The molecule has 0 atom stereocenters. The maximum Gasteiger partial charge on any atom is 0.262 e. The topological polar surface area (TPSA) is 67.4 Å². The van der Waals surface area contributed by atoms with Crippen molar-refractivity contribution in [2.45, 2.75) is 13.3 Å². The normalized spacial score (nSPS) is 12.8. The average molecular weight is 310 g/mol. The van der Waals surface area contributed by atoms with Gasteiger partial charge in [0.25, 0.3) is 11.8 Å². The molecule has 2 aromatic rings. The van der Waals surface area contributed by atoms with E-state index in [0.717, 1.165) is 11.1 Å². The zero-order valence-electron chi connectivity index (χ0n) is 12.9. The highest BCUT2D eigenvalue weighted by molar-refractivity contribution is 5.96. The maximum absolute atomic E-state index is 12.1. The van der Waals surface area contributed by atoms with Crippen molar-refractivity contribution in [3.8, 4) is 5.75 Å². The molecule has 3 rings (SSSR count). The molecule has 1 aliphatic rings. The van der Waals surface area contributed by atoms with Gasteiger partial charge in [-0.25, -0.2) is 0 Å². The van der Waals surface area contributed by atoms with Gasteiger partial charge in [-0.2, -0.15) is 0 Å². The van der Waals surface area contributed by atoms with Gasteiger partial charge in [-0.05, 0) is 42.7 Å². The second-order valence-corrected chi connectivity index (χ2v) is 5.49. The average Bonchev–Trinajstić information content (AvgIpc) is 2.54. The summed E-state index contributed by atoms with van der Waals surface area (Å²) in [4.78, 5) is 23.5. The molecular weight excluding hydrogens is 292 g/mol. The summed E-state index contributed by atoms with van der Waals surface area (Å²) in [6.07, 6.45) is 0.681. The van der Waals surface area contributed by atoms with Crippen LogP contribution in [0.25, 0.3) is 0 Å². The fourth-order valence-corrected chi connectivity index (χ4v) is 2.53. The highest BCUT2D eigenvalue weighted by atomic mass is 16.5. The quantitative estimate of drug-likeness (QED) is 0.910. The van der Waals surface area contributed by atoms with E-state index in [9.17, 15) is 9.59 Å². The van der Waals surface area contributed by atoms with Gasteiger partial charge in [0.1, 0.15) is 5.75 Å². The van der Waals surface area contributed by atoms with E-state index in [4.69, 9.17) is 4.74 Å². The van der Waals surface area contributed by atoms with Gasteiger partial charge in [0, 0.05) is 12.1 Å². The number of rotatable bonds is 4. The van der Waals surface area contributed by atoms with Crippen molar-refractivity contribution in [2.75, 3.05) is 18.5 Å². The van der Waals surface area contributed by atoms with Crippen molar-refractivity contribution < 1.29 is 14.3 Å². The number of benzene rings is 2. The molecule has 2 N–H and O–H groups in total. The molecule has 0 radical (unpaired) electrons. The number of amides is 2. The third kappa shape index (κ3) is 3.51. The highest BCUT2D eigenvalue weighted by Crippen LogP contribution is 2.28. The van der Waals surface area contributed by atoms with E-state index >= 15 is 0 Å². The summed E-state index contributed by atoms with van der Waals surface area (Å²) in [6, 6.07) is 13.2. The molecule has 2 amide bonds. The Labute approximate surface area is 134 Å². The van der Waals surface area contributed by atoms with Crippen LogP contribution in [0.3, 0.4) is 0 Å². The van der Waals surface area contributed by atoms with E-state index in [1.807, 2.05) is 49.4 Å². The van der Waals surface area contributed by atoms with Crippen LogP contribution >= 0.6 is 0 Å². The van der Waals surface area contributed by atoms with Crippen LogP contribution in [0.1, 0.15) is 21.5 Å². The molecule has 2 aromatic carbocycles. The smallest absolute Gasteiger partial charge is 0.262 e. The summed E-state index contributed by atoms with van der Waals surface area (Å²) in [7, 11) is 0. The number of fused-ring (bicyclic) bond motifs is 1. The minimum absolute atomic E-state index is 0.0544. The van der Waals surface area contributed by atoms with Gasteiger partial charge in [0.05, 0.1) is 5.69 Å². The number of carbonyl (C=O) groups is 2. The number of nitrogens with one attached hydrogen (secondary N) is 2. The zero-order valence-corrected chi connectivity index (χ0v) is 12.9. The van der Waals surface area contributed by atoms with Crippen LogP contribution in [-0.2, 0) is 11.2 Å². The van der Waals surface area contributed by atoms with Gasteiger partial charge < -0.3 is 15.4 Å². The van der Waals surface area contributed by atoms with E-state index in [-0.39, 0.29) is 18.4 Å². The lowest BCUT2D eigenvalue weighted by Crippen LogP contribution is -2.27. The summed E-state index contributed by atoms with van der Waals surface area (Å²) in [6.45, 7) is 2.50. The minimum atomic E-state index is -0.150. The molecule has 0 spiro atoms. The third-order valence-corrected chi connectivity index (χ3v) is 3.77. The van der Waals surface area contributed by atoms with Crippen LogP contribution in [0.5, 0.6) is 5.75 Å². The summed E-state index contributed by atoms with van der Waals surface area (Å²) < 4.78 is 5.32. The lowest BCUT2D eigenvalue weighted by atomic mass is 10.1. The van der Waals surface area contributed by atoms with E-state index in [1.165, 1.54) is 0 Å². The Bertz CT molecular complexity index is 756. The van der Waals surface area contributed by atoms with Gasteiger partial charge in [-0.3, -0.25) is 9.59 Å². The third-order valence-electron chi connectivity index (χ3n) is 3.77. The first-order valence-corrected chi connectivity index (χ1v) is 7.53. The fourth-order valence-electron chi connectivity index (χ4n) is 2.53. The van der Waals surface area contributed by atoms with Crippen molar-refractivity contribution in [3.05, 3.63) is 59.2 Å². The van der Waals surface area contributed by atoms with Crippen LogP contribution in [0, 0.1) is 6.92 Å². The van der Waals surface area contributed by atoms with Crippen LogP contribution in [-0.4, -0.2) is 25.0 Å². The molecule has 0 aliphatic carbocycles. The van der Waals surface area contributed by atoms with Crippen LogP contribution in [0.4, 0.5) is 5.69 Å². The Hall–Kier alpha value is -2.82. The Morgan fingerprint density at radius 1 is 1.26 bits per heavy atom. The molecule has 0 unspecified atom stereocenters. The van der Waals surface area contributed by atoms with Gasteiger partial charge in [-0.15, -0.1) is 0 Å². The van der Waals surface area contributed by atoms with E-state index < -0.39 is 0 Å². The van der Waals surface area contributed by atoms with Crippen molar-refractivity contribution >= 4 is 17.5 Å². The number of anilines is 1. The first-order valence-electron chi connectivity index (χ1n) is 7.53. The van der Waals surface area contributed by atoms with Crippen LogP contribution in [0.2, 0.25) is 0 Å². The summed E-state index contributed by atoms with van der Waals surface area (Å²) >= 11 is 0. The Morgan fingerprint density at radius 3 is 2.91 bits per heavy atom. The van der Waals surface area contributed by atoms with Crippen molar-refractivity contribution in [3.63, 3.8) is 0 Å². The molecule has 0 saturated carbocycles. The largest absolute Gasteiger partial charge is 0.482 e. The molecule has 0 aromatic heterocycles. The molecule has 118 valence electrons. The number of hydrogen-bond donors (Lipinski definition) is 2. The summed E-state index contributed by atoms with van der Waals surface area (Å²) in [5.74, 6) is 0.456. The molecule has 5 heteroatoms. The predicted molar refractivity (Wildman–Crippen MR) is 87.8 cm³/mol. The Kier molecular flexibility index (Phi) is 4.28. The first-order chi connectivity index (χ1) is 11.1. The number of ether oxygens (including phenoxy) is 1. The maximum atomic E-state index is 12.1. The van der Waals surface area contributed by atoms with Gasteiger partial charge >= 0.3 is 0 Å². The van der Waals surface area contributed by atoms with E-state index in [2.05, 4.69) is 10.6 Å². The molecule has 5 nitrogen and oxygen atoms in total. The van der Waals surface area contributed by atoms with Crippen molar-refractivity contribution in [2.24, 2.45) is 0 Å². The molecule has 1 heterocycles. The molecule has 0 saturated heterocycles. The van der Waals surface area contributed by atoms with Crippen molar-refractivity contribution in [1.82, 2.24) is 5.32 Å². The summed E-state index contributed by atoms with van der Waals surface area (Å²) in [5, 5.41) is 5.70. The Morgan fingerprint density at radius 2 is 2.09 bits per heavy atom. The van der Waals surface area contributed by atoms with E-state index in [1.54, 1.807) is 0 Å². The van der Waals surface area contributed by atoms with Gasteiger partial charge in [0.15, 0.2) is 6.61 Å². The number of aryl methyl sites for hydroxylation is 1. The van der Waals surface area contributed by atoms with Crippen molar-refractivity contribution in [1.29, 1.82) is 0 Å². The van der Waals surface area contributed by atoms with E-state index in [0.29, 0.717) is 30.0 Å². The first kappa shape index (κ1) is 15.1. The lowest BCUT2D eigenvalue weighted by Gasteiger charge is -2.18. The van der Waals surface area contributed by atoms with Gasteiger partial charge in [0.2, 0.25) is 0 Å². The fraction of sp³-hybridized carbons (Fsp3) is 0.222. The second kappa shape index (κ2) is 6.52. The lowest BCUT2D eigenvalue weighted by molar-refractivity contribution is -0.118. The molecule has 0 bridgehead atoms. The molecule has 0 fully saturated rings. The molecular formula is C18H18N2O3. The standard InChI is InChI=1S/C18H18N2O3/c1-12-4-2-3-5-14(12)18(22)19-9-8-13-6-7-16-15(10-13)20-17(21)11-23-16/h2-7,10H,8-9,11H2,1H3,(H,19,22)(H,20,21). The molecule has 1 aliphatic heterocycles. The number of carbonyl (C=O) groups excluding carboxylic acids is 2. The van der Waals surface area contributed by atoms with Crippen LogP contribution in [0.15, 0.2) is 42.5 Å². The number of hydrogen-bond acceptors (Lipinski definition) is 3. The van der Waals surface area contributed by atoms with Crippen LogP contribution < -0.4 is 15.4 Å². The second-order valence-electron chi connectivity index (χ2n) is 5.49. The minimum Gasteiger partial charge on any atom is -0.482 e. The highest BCUT2D eigenvalue weighted by Gasteiger charge is 2.15. The molecule has 23 heavy (non-hydrogen) atoms. The Balaban J connectivity index is 1.59. The monoisotopic (exact) mass is 310 g/mol. The SMILES string of the molecule is Cc1ccccc1C(=O)NCCc1ccc2c(c1)NC(=O)CO2.